The number of benzene rings is 1. The molecule has 0 aliphatic rings. The Morgan fingerprint density at radius 3 is 1.83 bits per heavy atom. The number of phenols is 1. The summed E-state index contributed by atoms with van der Waals surface area (Å²) in [5, 5.41) is 25.7. The van der Waals surface area contributed by atoms with Crippen molar-refractivity contribution in [2.75, 3.05) is 6.54 Å². The number of hydrogen-bond acceptors (Lipinski definition) is 9. The first kappa shape index (κ1) is 34.1. The lowest BCUT2D eigenvalue weighted by atomic mass is 10.0. The second kappa shape index (κ2) is 16.9. The van der Waals surface area contributed by atoms with Crippen molar-refractivity contribution in [3.05, 3.63) is 29.8 Å². The average Bonchev–Trinajstić information content (AvgIpc) is 2.88. The number of nitrogens with two attached hydrogens (primary N) is 5. The molecule has 5 amide bonds. The number of guanidine groups is 1. The Balaban J connectivity index is 3.07. The highest BCUT2D eigenvalue weighted by Gasteiger charge is 2.31. The molecule has 1 aromatic carbocycles. The first-order chi connectivity index (χ1) is 19.2. The second-order valence-corrected chi connectivity index (χ2v) is 9.12. The number of carbonyl (C=O) groups excluding carboxylic acids is 5. The highest BCUT2D eigenvalue weighted by molar-refractivity contribution is 5.95. The van der Waals surface area contributed by atoms with Crippen LogP contribution in [-0.2, 0) is 35.2 Å². The van der Waals surface area contributed by atoms with Gasteiger partial charge in [0.1, 0.15) is 23.9 Å². The number of aliphatic imine (C=N–C) groups is 1. The van der Waals surface area contributed by atoms with Gasteiger partial charge in [-0.1, -0.05) is 12.1 Å². The molecule has 0 heterocycles. The molecule has 0 radical (unpaired) electrons. The van der Waals surface area contributed by atoms with E-state index in [0.29, 0.717) is 5.56 Å². The number of nitrogens with one attached hydrogen (secondary N) is 3. The largest absolute Gasteiger partial charge is 0.508 e. The van der Waals surface area contributed by atoms with Gasteiger partial charge in [0.15, 0.2) is 5.96 Å². The number of aliphatic carboxylic acids is 1. The van der Waals surface area contributed by atoms with E-state index in [1.807, 2.05) is 0 Å². The van der Waals surface area contributed by atoms with Crippen molar-refractivity contribution < 1.29 is 39.0 Å². The molecule has 17 nitrogen and oxygen atoms in total. The number of aromatic hydroxyl groups is 1. The summed E-state index contributed by atoms with van der Waals surface area (Å²) in [4.78, 5) is 76.7. The highest BCUT2D eigenvalue weighted by atomic mass is 16.4. The summed E-state index contributed by atoms with van der Waals surface area (Å²) >= 11 is 0. The highest BCUT2D eigenvalue weighted by Crippen LogP contribution is 2.11. The number of carboxylic acid groups (broad SMARTS) is 1. The maximum Gasteiger partial charge on any atom is 0.326 e. The molecule has 0 spiro atoms. The Bertz CT molecular complexity index is 1120. The molecule has 41 heavy (non-hydrogen) atoms. The number of carboxylic acids is 1. The number of amides is 5. The maximum atomic E-state index is 13.2. The van der Waals surface area contributed by atoms with Crippen LogP contribution < -0.4 is 44.6 Å². The number of rotatable bonds is 18. The minimum absolute atomic E-state index is 0.0242. The van der Waals surface area contributed by atoms with Gasteiger partial charge in [-0.05, 0) is 43.4 Å². The molecule has 4 atom stereocenters. The van der Waals surface area contributed by atoms with Crippen molar-refractivity contribution in [1.29, 1.82) is 0 Å². The molecule has 0 saturated carbocycles. The van der Waals surface area contributed by atoms with Crippen LogP contribution in [0.5, 0.6) is 5.75 Å². The van der Waals surface area contributed by atoms with E-state index in [4.69, 9.17) is 28.7 Å². The first-order valence-electron chi connectivity index (χ1n) is 12.5. The minimum Gasteiger partial charge on any atom is -0.508 e. The van der Waals surface area contributed by atoms with Crippen molar-refractivity contribution in [1.82, 2.24) is 16.0 Å². The molecule has 1 rings (SSSR count). The molecule has 0 fully saturated rings. The number of primary amides is 2. The summed E-state index contributed by atoms with van der Waals surface area (Å²) in [6.07, 6.45) is -1.09. The third kappa shape index (κ3) is 13.6. The van der Waals surface area contributed by atoms with Gasteiger partial charge in [-0.25, -0.2) is 4.79 Å². The van der Waals surface area contributed by atoms with Crippen LogP contribution in [0.3, 0.4) is 0 Å². The fourth-order valence-electron chi connectivity index (χ4n) is 3.53. The predicted molar refractivity (Wildman–Crippen MR) is 145 cm³/mol. The Labute approximate surface area is 235 Å². The molecule has 0 aliphatic carbocycles. The van der Waals surface area contributed by atoms with Gasteiger partial charge in [0, 0.05) is 13.0 Å². The van der Waals surface area contributed by atoms with Crippen LogP contribution in [0.1, 0.15) is 37.7 Å². The van der Waals surface area contributed by atoms with E-state index < -0.39 is 66.1 Å². The third-order valence-corrected chi connectivity index (χ3v) is 5.64. The lowest BCUT2D eigenvalue weighted by Gasteiger charge is -2.25. The van der Waals surface area contributed by atoms with Gasteiger partial charge in [-0.2, -0.15) is 0 Å². The van der Waals surface area contributed by atoms with Gasteiger partial charge in [0.25, 0.3) is 0 Å². The summed E-state index contributed by atoms with van der Waals surface area (Å²) in [5.74, 6) is -6.05. The zero-order valence-electron chi connectivity index (χ0n) is 22.2. The molecule has 0 saturated heterocycles. The van der Waals surface area contributed by atoms with Crippen LogP contribution in [-0.4, -0.2) is 82.4 Å². The van der Waals surface area contributed by atoms with Crippen molar-refractivity contribution in [3.8, 4) is 5.75 Å². The molecular formula is C24H37N9O8. The molecule has 17 heteroatoms. The van der Waals surface area contributed by atoms with Crippen LogP contribution in [0.15, 0.2) is 29.3 Å². The van der Waals surface area contributed by atoms with Crippen LogP contribution >= 0.6 is 0 Å². The average molecular weight is 580 g/mol. The maximum absolute atomic E-state index is 13.2. The van der Waals surface area contributed by atoms with Gasteiger partial charge in [-0.3, -0.25) is 29.0 Å². The number of carbonyl (C=O) groups is 6. The van der Waals surface area contributed by atoms with Gasteiger partial charge in [-0.15, -0.1) is 0 Å². The fraction of sp³-hybridized carbons (Fsp3) is 0.458. The van der Waals surface area contributed by atoms with Crippen LogP contribution in [0.2, 0.25) is 0 Å². The SMILES string of the molecule is NC(=O)CCC(NC(=O)C(N)Cc1ccc(O)cc1)C(=O)NC(CCCN=C(N)N)C(=O)NC(CC(N)=O)C(=O)O. The smallest absolute Gasteiger partial charge is 0.326 e. The van der Waals surface area contributed by atoms with E-state index in [2.05, 4.69) is 20.9 Å². The lowest BCUT2D eigenvalue weighted by molar-refractivity contribution is -0.143. The molecule has 0 aromatic heterocycles. The van der Waals surface area contributed by atoms with E-state index in [1.54, 1.807) is 12.1 Å². The van der Waals surface area contributed by atoms with E-state index >= 15 is 0 Å². The predicted octanol–water partition coefficient (Wildman–Crippen LogP) is -4.00. The minimum atomic E-state index is -1.67. The van der Waals surface area contributed by atoms with Crippen LogP contribution in [0.25, 0.3) is 0 Å². The van der Waals surface area contributed by atoms with Gasteiger partial charge < -0.3 is 54.8 Å². The topological polar surface area (TPSA) is 321 Å². The lowest BCUT2D eigenvalue weighted by Crippen LogP contribution is -2.57. The third-order valence-electron chi connectivity index (χ3n) is 5.64. The molecular weight excluding hydrogens is 542 g/mol. The Kier molecular flexibility index (Phi) is 14.1. The quantitative estimate of drug-likeness (QED) is 0.0453. The van der Waals surface area contributed by atoms with E-state index in [0.717, 1.165) is 0 Å². The molecule has 226 valence electrons. The second-order valence-electron chi connectivity index (χ2n) is 9.12. The molecule has 0 aliphatic heterocycles. The monoisotopic (exact) mass is 579 g/mol. The van der Waals surface area contributed by atoms with Gasteiger partial charge >= 0.3 is 5.97 Å². The molecule has 0 bridgehead atoms. The van der Waals surface area contributed by atoms with Crippen molar-refractivity contribution >= 4 is 41.5 Å². The summed E-state index contributed by atoms with van der Waals surface area (Å²) in [5.41, 5.74) is 27.4. The summed E-state index contributed by atoms with van der Waals surface area (Å²) in [7, 11) is 0. The molecule has 4 unspecified atom stereocenters. The standard InChI is InChI=1S/C24H37N9O8/c25-14(10-12-3-5-13(34)6-4-12)20(37)31-16(7-8-18(26)35)22(39)32-15(2-1-9-30-24(28)29)21(38)33-17(23(40)41)11-19(27)36/h3-6,14-17,34H,1-2,7-11,25H2,(H2,26,35)(H2,27,36)(H,31,37)(H,32,39)(H,33,38)(H,40,41)(H4,28,29,30). The van der Waals surface area contributed by atoms with Gasteiger partial charge in [0.2, 0.25) is 29.5 Å². The summed E-state index contributed by atoms with van der Waals surface area (Å²) in [6, 6.07) is 0.467. The fourth-order valence-corrected chi connectivity index (χ4v) is 3.53. The number of nitrogens with zero attached hydrogens (tertiary/aromatic N) is 1. The first-order valence-corrected chi connectivity index (χ1v) is 12.5. The Hall–Kier alpha value is -4.93. The molecule has 15 N–H and O–H groups in total. The van der Waals surface area contributed by atoms with E-state index in [1.165, 1.54) is 12.1 Å². The number of phenolic OH excluding ortho intramolecular Hbond substituents is 1. The summed E-state index contributed by atoms with van der Waals surface area (Å²) < 4.78 is 0. The van der Waals surface area contributed by atoms with E-state index in [9.17, 15) is 39.0 Å². The van der Waals surface area contributed by atoms with Crippen LogP contribution in [0.4, 0.5) is 0 Å². The number of hydrogen-bond donors (Lipinski definition) is 10. The van der Waals surface area contributed by atoms with Crippen molar-refractivity contribution in [2.24, 2.45) is 33.7 Å². The van der Waals surface area contributed by atoms with E-state index in [-0.39, 0.29) is 50.4 Å². The van der Waals surface area contributed by atoms with Crippen molar-refractivity contribution in [2.45, 2.75) is 62.7 Å². The zero-order chi connectivity index (χ0) is 31.1. The zero-order valence-corrected chi connectivity index (χ0v) is 22.2. The Morgan fingerprint density at radius 2 is 1.32 bits per heavy atom. The molecule has 1 aromatic rings. The normalized spacial score (nSPS) is 13.5. The van der Waals surface area contributed by atoms with Crippen LogP contribution in [0, 0.1) is 0 Å². The summed E-state index contributed by atoms with van der Waals surface area (Å²) in [6.45, 7) is 0.0690. The Morgan fingerprint density at radius 1 is 0.780 bits per heavy atom. The van der Waals surface area contributed by atoms with Gasteiger partial charge in [0.05, 0.1) is 12.5 Å². The van der Waals surface area contributed by atoms with Crippen molar-refractivity contribution in [3.63, 3.8) is 0 Å².